The van der Waals surface area contributed by atoms with Gasteiger partial charge in [0.05, 0.1) is 5.56 Å². The van der Waals surface area contributed by atoms with Crippen LogP contribution in [-0.4, -0.2) is 51.9 Å². The van der Waals surface area contributed by atoms with E-state index < -0.39 is 11.4 Å². The molecule has 1 aromatic carbocycles. The fraction of sp³-hybridized carbons (Fsp3) is 0.222. The van der Waals surface area contributed by atoms with Gasteiger partial charge in [0.1, 0.15) is 5.82 Å². The summed E-state index contributed by atoms with van der Waals surface area (Å²) in [6, 6.07) is 5.10. The minimum atomic E-state index is -0.484. The van der Waals surface area contributed by atoms with Crippen LogP contribution < -0.4 is 16.0 Å². The Balaban J connectivity index is 1.59. The van der Waals surface area contributed by atoms with Gasteiger partial charge in [0, 0.05) is 55.5 Å². The van der Waals surface area contributed by atoms with Gasteiger partial charge in [-0.15, -0.1) is 0 Å². The highest BCUT2D eigenvalue weighted by molar-refractivity contribution is 6.06. The van der Waals surface area contributed by atoms with Crippen LogP contribution in [0.4, 0.5) is 10.2 Å². The number of rotatable bonds is 2. The number of nitrogens with zero attached hydrogens (tertiary/aromatic N) is 3. The molecule has 27 heavy (non-hydrogen) atoms. The molecule has 2 N–H and O–H groups in total. The Hall–Kier alpha value is -3.49. The number of benzene rings is 1. The van der Waals surface area contributed by atoms with Crippen LogP contribution in [0.1, 0.15) is 10.4 Å². The quantitative estimate of drug-likeness (QED) is 0.693. The molecular formula is C18H16FN5O3. The average Bonchev–Trinajstić information content (AvgIpc) is 2.68. The number of anilines is 1. The van der Waals surface area contributed by atoms with E-state index in [-0.39, 0.29) is 17.0 Å². The average molecular weight is 369 g/mol. The summed E-state index contributed by atoms with van der Waals surface area (Å²) in [5, 5.41) is 0.364. The van der Waals surface area contributed by atoms with Crippen LogP contribution in [0.3, 0.4) is 0 Å². The second-order valence-corrected chi connectivity index (χ2v) is 6.26. The summed E-state index contributed by atoms with van der Waals surface area (Å²) in [6.45, 7) is 1.58. The van der Waals surface area contributed by atoms with Crippen molar-refractivity contribution >= 4 is 22.6 Å². The standard InChI is InChI=1S/C18H16FN5O3/c19-11-1-2-14-12(9-11)13(10-15(25)22-14)18(27)24-7-5-23(6-8-24)16-17(26)21-4-3-20-16/h1-4,9-10H,5-8H2,(H,21,26)(H,22,25). The molecule has 1 saturated heterocycles. The number of piperazine rings is 1. The van der Waals surface area contributed by atoms with Gasteiger partial charge >= 0.3 is 0 Å². The van der Waals surface area contributed by atoms with E-state index >= 15 is 0 Å². The molecule has 1 fully saturated rings. The first-order valence-electron chi connectivity index (χ1n) is 8.43. The Morgan fingerprint density at radius 3 is 2.63 bits per heavy atom. The Morgan fingerprint density at radius 2 is 1.89 bits per heavy atom. The first-order chi connectivity index (χ1) is 13.0. The second kappa shape index (κ2) is 6.67. The van der Waals surface area contributed by atoms with Crippen molar-refractivity contribution in [3.05, 3.63) is 68.7 Å². The van der Waals surface area contributed by atoms with Crippen LogP contribution in [0.15, 0.2) is 46.2 Å². The van der Waals surface area contributed by atoms with Gasteiger partial charge in [0.25, 0.3) is 11.5 Å². The molecule has 8 nitrogen and oxygen atoms in total. The van der Waals surface area contributed by atoms with Gasteiger partial charge in [0.2, 0.25) is 5.56 Å². The molecule has 3 aromatic rings. The molecule has 138 valence electrons. The van der Waals surface area contributed by atoms with Gasteiger partial charge in [-0.3, -0.25) is 14.4 Å². The Morgan fingerprint density at radius 1 is 1.11 bits per heavy atom. The molecule has 1 aliphatic heterocycles. The van der Waals surface area contributed by atoms with Crippen molar-refractivity contribution in [2.45, 2.75) is 0 Å². The lowest BCUT2D eigenvalue weighted by Gasteiger charge is -2.35. The van der Waals surface area contributed by atoms with Gasteiger partial charge in [-0.25, -0.2) is 9.37 Å². The van der Waals surface area contributed by atoms with E-state index in [4.69, 9.17) is 0 Å². The number of fused-ring (bicyclic) bond motifs is 1. The number of pyridine rings is 1. The Kier molecular flexibility index (Phi) is 4.19. The van der Waals surface area contributed by atoms with Crippen LogP contribution in [-0.2, 0) is 0 Å². The Labute approximate surface area is 152 Å². The molecule has 0 spiro atoms. The predicted octanol–water partition coefficient (Wildman–Crippen LogP) is 0.713. The zero-order valence-corrected chi connectivity index (χ0v) is 14.2. The zero-order chi connectivity index (χ0) is 19.0. The third-order valence-electron chi connectivity index (χ3n) is 4.59. The summed E-state index contributed by atoms with van der Waals surface area (Å²) in [4.78, 5) is 49.3. The summed E-state index contributed by atoms with van der Waals surface area (Å²) >= 11 is 0. The summed E-state index contributed by atoms with van der Waals surface area (Å²) < 4.78 is 13.6. The van der Waals surface area contributed by atoms with Crippen molar-refractivity contribution < 1.29 is 9.18 Å². The maximum Gasteiger partial charge on any atom is 0.290 e. The monoisotopic (exact) mass is 369 g/mol. The highest BCUT2D eigenvalue weighted by atomic mass is 19.1. The molecule has 1 amide bonds. The maximum atomic E-state index is 13.6. The topological polar surface area (TPSA) is 102 Å². The lowest BCUT2D eigenvalue weighted by molar-refractivity contribution is 0.0748. The molecular weight excluding hydrogens is 353 g/mol. The van der Waals surface area contributed by atoms with E-state index in [0.29, 0.717) is 42.9 Å². The van der Waals surface area contributed by atoms with Gasteiger partial charge in [-0.1, -0.05) is 0 Å². The third kappa shape index (κ3) is 3.19. The molecule has 2 aromatic heterocycles. The molecule has 3 heterocycles. The number of carbonyl (C=O) groups is 1. The van der Waals surface area contributed by atoms with Crippen LogP contribution in [0, 0.1) is 5.82 Å². The van der Waals surface area contributed by atoms with Gasteiger partial charge in [0.15, 0.2) is 5.82 Å². The van der Waals surface area contributed by atoms with Crippen molar-refractivity contribution in [3.8, 4) is 0 Å². The molecule has 1 aliphatic rings. The molecule has 0 radical (unpaired) electrons. The predicted molar refractivity (Wildman–Crippen MR) is 97.5 cm³/mol. The first-order valence-corrected chi connectivity index (χ1v) is 8.43. The van der Waals surface area contributed by atoms with Crippen molar-refractivity contribution in [3.63, 3.8) is 0 Å². The number of amides is 1. The number of aromatic nitrogens is 3. The Bertz CT molecular complexity index is 1130. The van der Waals surface area contributed by atoms with Gasteiger partial charge in [-0.05, 0) is 18.2 Å². The summed E-state index contributed by atoms with van der Waals surface area (Å²) in [6.07, 6.45) is 2.97. The molecule has 0 saturated carbocycles. The third-order valence-corrected chi connectivity index (χ3v) is 4.59. The lowest BCUT2D eigenvalue weighted by Crippen LogP contribution is -2.50. The van der Waals surface area contributed by atoms with Crippen LogP contribution in [0.5, 0.6) is 0 Å². The molecule has 4 rings (SSSR count). The fourth-order valence-corrected chi connectivity index (χ4v) is 3.26. The van der Waals surface area contributed by atoms with E-state index in [1.165, 1.54) is 36.7 Å². The smallest absolute Gasteiger partial charge is 0.290 e. The van der Waals surface area contributed by atoms with Crippen LogP contribution >= 0.6 is 0 Å². The van der Waals surface area contributed by atoms with Crippen molar-refractivity contribution in [2.24, 2.45) is 0 Å². The highest BCUT2D eigenvalue weighted by Gasteiger charge is 2.25. The summed E-state index contributed by atoms with van der Waals surface area (Å²) in [5.41, 5.74) is -0.132. The largest absolute Gasteiger partial charge is 0.348 e. The van der Waals surface area contributed by atoms with Gasteiger partial charge < -0.3 is 19.8 Å². The van der Waals surface area contributed by atoms with E-state index in [9.17, 15) is 18.8 Å². The van der Waals surface area contributed by atoms with Crippen molar-refractivity contribution in [1.29, 1.82) is 0 Å². The first kappa shape index (κ1) is 17.0. The van der Waals surface area contributed by atoms with Gasteiger partial charge in [-0.2, -0.15) is 0 Å². The zero-order valence-electron chi connectivity index (χ0n) is 14.2. The molecule has 9 heteroatoms. The number of H-pyrrole nitrogens is 2. The molecule has 0 unspecified atom stereocenters. The van der Waals surface area contributed by atoms with E-state index in [0.717, 1.165) is 0 Å². The normalized spacial score (nSPS) is 14.6. The van der Waals surface area contributed by atoms with Crippen molar-refractivity contribution in [1.82, 2.24) is 19.9 Å². The summed E-state index contributed by atoms with van der Waals surface area (Å²) in [5.74, 6) is -0.512. The number of nitrogens with one attached hydrogen (secondary N) is 2. The number of carbonyl (C=O) groups excluding carboxylic acids is 1. The highest BCUT2D eigenvalue weighted by Crippen LogP contribution is 2.19. The molecule has 0 aliphatic carbocycles. The number of hydrogen-bond donors (Lipinski definition) is 2. The summed E-state index contributed by atoms with van der Waals surface area (Å²) in [7, 11) is 0. The van der Waals surface area contributed by atoms with Crippen LogP contribution in [0.2, 0.25) is 0 Å². The lowest BCUT2D eigenvalue weighted by atomic mass is 10.1. The van der Waals surface area contributed by atoms with Crippen LogP contribution in [0.25, 0.3) is 10.9 Å². The van der Waals surface area contributed by atoms with E-state index in [1.54, 1.807) is 9.80 Å². The SMILES string of the molecule is O=C(c1cc(=O)[nH]c2ccc(F)cc12)N1CCN(c2ncc[nH]c2=O)CC1. The number of aromatic amines is 2. The fourth-order valence-electron chi connectivity index (χ4n) is 3.26. The second-order valence-electron chi connectivity index (χ2n) is 6.26. The minimum absolute atomic E-state index is 0.164. The minimum Gasteiger partial charge on any atom is -0.348 e. The number of hydrogen-bond acceptors (Lipinski definition) is 5. The van der Waals surface area contributed by atoms with Crippen molar-refractivity contribution in [2.75, 3.05) is 31.1 Å². The molecule has 0 atom stereocenters. The molecule has 0 bridgehead atoms. The van der Waals surface area contributed by atoms with E-state index in [1.807, 2.05) is 0 Å². The van der Waals surface area contributed by atoms with E-state index in [2.05, 4.69) is 15.0 Å². The maximum absolute atomic E-state index is 13.6. The number of halogens is 1.